The maximum absolute atomic E-state index is 11.5. The van der Waals surface area contributed by atoms with Crippen LogP contribution in [0.15, 0.2) is 29.2 Å². The summed E-state index contributed by atoms with van der Waals surface area (Å²) >= 11 is 5.63. The molecule has 1 unspecified atom stereocenters. The summed E-state index contributed by atoms with van der Waals surface area (Å²) in [4.78, 5) is 0.330. The second kappa shape index (κ2) is 5.55. The van der Waals surface area contributed by atoms with Gasteiger partial charge in [-0.05, 0) is 25.5 Å². The third-order valence-corrected chi connectivity index (χ3v) is 3.60. The first-order chi connectivity index (χ1) is 7.45. The molecule has 0 radical (unpaired) electrons. The summed E-state index contributed by atoms with van der Waals surface area (Å²) < 4.78 is 23.1. The van der Waals surface area contributed by atoms with E-state index in [0.29, 0.717) is 16.5 Å². The summed E-state index contributed by atoms with van der Waals surface area (Å²) in [5.41, 5.74) is 0.641. The van der Waals surface area contributed by atoms with Gasteiger partial charge in [0.2, 0.25) is 0 Å². The molecule has 0 aliphatic heterocycles. The van der Waals surface area contributed by atoms with Crippen LogP contribution >= 0.6 is 11.6 Å². The van der Waals surface area contributed by atoms with E-state index in [1.54, 1.807) is 18.2 Å². The Kier molecular flexibility index (Phi) is 4.62. The number of halogens is 1. The van der Waals surface area contributed by atoms with Gasteiger partial charge in [-0.1, -0.05) is 12.1 Å². The molecule has 3 nitrogen and oxygen atoms in total. The third kappa shape index (κ3) is 3.68. The number of hydrogen-bond donors (Lipinski definition) is 1. The van der Waals surface area contributed by atoms with E-state index in [0.717, 1.165) is 6.42 Å². The number of sulfone groups is 1. The van der Waals surface area contributed by atoms with Crippen LogP contribution in [0.2, 0.25) is 0 Å². The molecule has 0 saturated carbocycles. The SMILES string of the molecule is CC(CCCl)Nc1ccccc1S(C)(=O)=O. The van der Waals surface area contributed by atoms with Crippen LogP contribution < -0.4 is 5.32 Å². The molecule has 0 aliphatic carbocycles. The molecular weight excluding hydrogens is 246 g/mol. The fraction of sp³-hybridized carbons (Fsp3) is 0.455. The first-order valence-corrected chi connectivity index (χ1v) is 7.49. The van der Waals surface area contributed by atoms with Crippen LogP contribution in [0.5, 0.6) is 0 Å². The second-order valence-electron chi connectivity index (χ2n) is 3.79. The molecule has 0 spiro atoms. The van der Waals surface area contributed by atoms with Gasteiger partial charge in [0.1, 0.15) is 0 Å². The fourth-order valence-corrected chi connectivity index (χ4v) is 2.59. The minimum Gasteiger partial charge on any atom is -0.381 e. The molecular formula is C11H16ClNO2S. The molecule has 0 aromatic heterocycles. The molecule has 0 saturated heterocycles. The molecule has 90 valence electrons. The number of para-hydroxylation sites is 1. The van der Waals surface area contributed by atoms with E-state index in [-0.39, 0.29) is 6.04 Å². The Morgan fingerprint density at radius 1 is 1.38 bits per heavy atom. The molecule has 1 aromatic rings. The van der Waals surface area contributed by atoms with Gasteiger partial charge in [0.15, 0.2) is 9.84 Å². The Labute approximate surface area is 102 Å². The molecule has 0 fully saturated rings. The van der Waals surface area contributed by atoms with E-state index >= 15 is 0 Å². The van der Waals surface area contributed by atoms with E-state index < -0.39 is 9.84 Å². The molecule has 16 heavy (non-hydrogen) atoms. The quantitative estimate of drug-likeness (QED) is 0.829. The minimum absolute atomic E-state index is 0.153. The van der Waals surface area contributed by atoms with Crippen LogP contribution in [0, 0.1) is 0 Å². The maximum Gasteiger partial charge on any atom is 0.177 e. The lowest BCUT2D eigenvalue weighted by Crippen LogP contribution is -2.17. The van der Waals surface area contributed by atoms with Gasteiger partial charge >= 0.3 is 0 Å². The van der Waals surface area contributed by atoms with Crippen LogP contribution in [0.1, 0.15) is 13.3 Å². The standard InChI is InChI=1S/C11H16ClNO2S/c1-9(7-8-12)13-10-5-3-4-6-11(10)16(2,14)15/h3-6,9,13H,7-8H2,1-2H3. The van der Waals surface area contributed by atoms with Gasteiger partial charge in [0, 0.05) is 18.2 Å². The molecule has 0 heterocycles. The molecule has 1 N–H and O–H groups in total. The number of anilines is 1. The molecule has 1 rings (SSSR count). The monoisotopic (exact) mass is 261 g/mol. The largest absolute Gasteiger partial charge is 0.381 e. The smallest absolute Gasteiger partial charge is 0.177 e. The van der Waals surface area contributed by atoms with Crippen LogP contribution in [0.25, 0.3) is 0 Å². The van der Waals surface area contributed by atoms with Crippen LogP contribution in [0.3, 0.4) is 0 Å². The van der Waals surface area contributed by atoms with Gasteiger partial charge in [-0.2, -0.15) is 0 Å². The summed E-state index contributed by atoms with van der Waals surface area (Å²) in [6.45, 7) is 1.97. The van der Waals surface area contributed by atoms with E-state index in [1.165, 1.54) is 6.26 Å². The van der Waals surface area contributed by atoms with Gasteiger partial charge < -0.3 is 5.32 Å². The number of benzene rings is 1. The van der Waals surface area contributed by atoms with Gasteiger partial charge in [-0.25, -0.2) is 8.42 Å². The molecule has 0 aliphatic rings. The van der Waals surface area contributed by atoms with Crippen molar-refractivity contribution in [2.24, 2.45) is 0 Å². The van der Waals surface area contributed by atoms with Crippen molar-refractivity contribution in [3.05, 3.63) is 24.3 Å². The predicted molar refractivity (Wildman–Crippen MR) is 68.0 cm³/mol. The predicted octanol–water partition coefficient (Wildman–Crippen LogP) is 2.52. The fourth-order valence-electron chi connectivity index (χ4n) is 1.41. The van der Waals surface area contributed by atoms with Gasteiger partial charge in [-0.15, -0.1) is 11.6 Å². The normalized spacial score (nSPS) is 13.4. The van der Waals surface area contributed by atoms with Gasteiger partial charge in [0.05, 0.1) is 10.6 Å². The lowest BCUT2D eigenvalue weighted by molar-refractivity contribution is 0.602. The second-order valence-corrected chi connectivity index (χ2v) is 6.15. The van der Waals surface area contributed by atoms with Crippen molar-refractivity contribution in [3.63, 3.8) is 0 Å². The first-order valence-electron chi connectivity index (χ1n) is 5.06. The van der Waals surface area contributed by atoms with Gasteiger partial charge in [-0.3, -0.25) is 0 Å². The highest BCUT2D eigenvalue weighted by Crippen LogP contribution is 2.21. The van der Waals surface area contributed by atoms with Crippen molar-refractivity contribution in [2.75, 3.05) is 17.5 Å². The van der Waals surface area contributed by atoms with Gasteiger partial charge in [0.25, 0.3) is 0 Å². The Bertz CT molecular complexity index is 445. The summed E-state index contributed by atoms with van der Waals surface area (Å²) in [7, 11) is -3.19. The van der Waals surface area contributed by atoms with Crippen molar-refractivity contribution in [1.29, 1.82) is 0 Å². The summed E-state index contributed by atoms with van der Waals surface area (Å²) in [6, 6.07) is 7.05. The number of alkyl halides is 1. The number of nitrogens with one attached hydrogen (secondary N) is 1. The Balaban J connectivity index is 2.96. The zero-order chi connectivity index (χ0) is 12.2. The van der Waals surface area contributed by atoms with E-state index in [2.05, 4.69) is 5.32 Å². The summed E-state index contributed by atoms with van der Waals surface area (Å²) in [6.07, 6.45) is 2.00. The average Bonchev–Trinajstić information content (AvgIpc) is 2.17. The topological polar surface area (TPSA) is 46.2 Å². The Hall–Kier alpha value is -0.740. The highest BCUT2D eigenvalue weighted by atomic mass is 35.5. The zero-order valence-corrected chi connectivity index (χ0v) is 11.0. The Morgan fingerprint density at radius 2 is 2.00 bits per heavy atom. The summed E-state index contributed by atoms with van der Waals surface area (Å²) in [5, 5.41) is 3.15. The molecule has 1 atom stereocenters. The maximum atomic E-state index is 11.5. The zero-order valence-electron chi connectivity index (χ0n) is 9.40. The lowest BCUT2D eigenvalue weighted by Gasteiger charge is -2.16. The number of rotatable bonds is 5. The Morgan fingerprint density at radius 3 is 2.56 bits per heavy atom. The highest BCUT2D eigenvalue weighted by Gasteiger charge is 2.13. The lowest BCUT2D eigenvalue weighted by atomic mass is 10.2. The van der Waals surface area contributed by atoms with Crippen molar-refractivity contribution in [3.8, 4) is 0 Å². The molecule has 0 amide bonds. The van der Waals surface area contributed by atoms with Crippen molar-refractivity contribution in [1.82, 2.24) is 0 Å². The van der Waals surface area contributed by atoms with E-state index in [9.17, 15) is 8.42 Å². The first kappa shape index (κ1) is 13.3. The van der Waals surface area contributed by atoms with Crippen LogP contribution in [0.4, 0.5) is 5.69 Å². The molecule has 0 bridgehead atoms. The van der Waals surface area contributed by atoms with E-state index in [1.807, 2.05) is 13.0 Å². The minimum atomic E-state index is -3.19. The third-order valence-electron chi connectivity index (χ3n) is 2.23. The van der Waals surface area contributed by atoms with Crippen molar-refractivity contribution < 1.29 is 8.42 Å². The summed E-state index contributed by atoms with van der Waals surface area (Å²) in [5.74, 6) is 0.551. The average molecular weight is 262 g/mol. The molecule has 1 aromatic carbocycles. The molecule has 5 heteroatoms. The number of hydrogen-bond acceptors (Lipinski definition) is 3. The highest BCUT2D eigenvalue weighted by molar-refractivity contribution is 7.90. The van der Waals surface area contributed by atoms with Crippen LogP contribution in [-0.2, 0) is 9.84 Å². The van der Waals surface area contributed by atoms with Crippen molar-refractivity contribution in [2.45, 2.75) is 24.3 Å². The van der Waals surface area contributed by atoms with E-state index in [4.69, 9.17) is 11.6 Å². The van der Waals surface area contributed by atoms with Crippen LogP contribution in [-0.4, -0.2) is 26.6 Å². The van der Waals surface area contributed by atoms with Crippen molar-refractivity contribution >= 4 is 27.1 Å².